The van der Waals surface area contributed by atoms with E-state index in [4.69, 9.17) is 18.9 Å². The zero-order chi connectivity index (χ0) is 106. The SMILES string of the molecule is CC(C)C[C@H]1NC(=O)[C@@H](C)N(C)C(=O)[C@H](C2CC2)NCCOc2cnccc2CCCNC1=O.CCC(C)[C@@H]1NCCOc2cnccc2CCCNC(=O)[C@@H](CC(C)C)NC(=O)[C@@H](C)N(C)C1=O.C[C@@H]1C(=O)N[C@H](Cc2ccc(F)cc2)C(=O)NCCCc2cccc3c2OC(CN[C@@H](C2CC2)C(=O)N1C)C3.C[C@@H]1CN[C@@H](C2CC2)C(=O)N(C)[C@H](C)C(=O)N[C@H](Cc2ccc(O)cc2)C(=O)NCCCc2ncccc2O1. The summed E-state index contributed by atoms with van der Waals surface area (Å²) in [7, 11) is 6.54. The largest absolute Gasteiger partial charge is 0.508 e. The van der Waals surface area contributed by atoms with Gasteiger partial charge in [0.25, 0.3) is 0 Å². The topological polar surface area (TPSA) is 458 Å². The summed E-state index contributed by atoms with van der Waals surface area (Å²) >= 11 is 0. The number of hydrogen-bond acceptors (Lipinski definition) is 24. The molecule has 37 heteroatoms. The van der Waals surface area contributed by atoms with Crippen LogP contribution in [0, 0.1) is 41.3 Å². The van der Waals surface area contributed by atoms with E-state index in [0.717, 1.165) is 134 Å². The van der Waals surface area contributed by atoms with Gasteiger partial charge in [0, 0.05) is 118 Å². The number of para-hydroxylation sites is 1. The molecule has 0 saturated heterocycles. The van der Waals surface area contributed by atoms with Crippen molar-refractivity contribution in [3.63, 3.8) is 0 Å². The fourth-order valence-electron chi connectivity index (χ4n) is 18.4. The van der Waals surface area contributed by atoms with Crippen molar-refractivity contribution in [1.29, 1.82) is 0 Å². The molecule has 2 bridgehead atoms. The van der Waals surface area contributed by atoms with Gasteiger partial charge in [-0.15, -0.1) is 0 Å². The summed E-state index contributed by atoms with van der Waals surface area (Å²) in [6, 6.07) is 18.6. The van der Waals surface area contributed by atoms with E-state index in [2.05, 4.69) is 90.9 Å². The monoisotopic (exact) mass is 2040 g/mol. The molecule has 14 rings (SSSR count). The molecule has 3 aromatic heterocycles. The van der Waals surface area contributed by atoms with Gasteiger partial charge in [0.05, 0.1) is 42.3 Å². The van der Waals surface area contributed by atoms with Crippen LogP contribution < -0.4 is 82.7 Å². The quantitative estimate of drug-likeness (QED) is 0.0561. The number of phenolic OH excluding ortho intramolecular Hbond substituents is 1. The third-order valence-corrected chi connectivity index (χ3v) is 28.6. The van der Waals surface area contributed by atoms with E-state index in [0.29, 0.717) is 109 Å². The summed E-state index contributed by atoms with van der Waals surface area (Å²) < 4.78 is 37.9. The minimum atomic E-state index is -0.866. The molecule has 0 spiro atoms. The number of halogens is 1. The molecule has 3 saturated carbocycles. The van der Waals surface area contributed by atoms with Gasteiger partial charge in [0.2, 0.25) is 70.9 Å². The molecule has 5 aliphatic heterocycles. The Bertz CT molecular complexity index is 5360. The van der Waals surface area contributed by atoms with Gasteiger partial charge in [-0.05, 0) is 255 Å². The predicted molar refractivity (Wildman–Crippen MR) is 556 cm³/mol. The van der Waals surface area contributed by atoms with E-state index in [1.165, 1.54) is 31.7 Å². The molecule has 3 aliphatic carbocycles. The number of nitrogens with one attached hydrogen (secondary N) is 12. The number of aromatic nitrogens is 3. The predicted octanol–water partition coefficient (Wildman–Crippen LogP) is 6.87. The van der Waals surface area contributed by atoms with E-state index in [9.17, 15) is 67.0 Å². The Balaban J connectivity index is 0.000000187. The fraction of sp³-hybridized carbons (Fsp3) is 0.591. The van der Waals surface area contributed by atoms with Gasteiger partial charge < -0.3 is 107 Å². The number of rotatable bonds is 13. The molecule has 15 atom stereocenters. The van der Waals surface area contributed by atoms with Gasteiger partial charge >= 0.3 is 0 Å². The summed E-state index contributed by atoms with van der Waals surface area (Å²) in [4.78, 5) is 177. The Morgan fingerprint density at radius 1 is 0.415 bits per heavy atom. The number of phenols is 1. The van der Waals surface area contributed by atoms with Crippen molar-refractivity contribution in [2.75, 3.05) is 93.8 Å². The maximum absolute atomic E-state index is 13.5. The molecule has 3 fully saturated rings. The molecule has 2 unspecified atom stereocenters. The number of carbonyl (C=O) groups excluding carboxylic acids is 12. The van der Waals surface area contributed by atoms with Crippen LogP contribution in [-0.2, 0) is 102 Å². The van der Waals surface area contributed by atoms with Crippen molar-refractivity contribution in [2.24, 2.45) is 35.5 Å². The zero-order valence-electron chi connectivity index (χ0n) is 88.3. The number of aryl methyl sites for hydroxylation is 4. The first-order valence-corrected chi connectivity index (χ1v) is 52.8. The Morgan fingerprint density at radius 2 is 0.816 bits per heavy atom. The number of nitrogens with zero attached hydrogens (tertiary/aromatic N) is 7. The first-order valence-electron chi connectivity index (χ1n) is 52.8. The summed E-state index contributed by atoms with van der Waals surface area (Å²) in [6.07, 6.45) is 22.8. The van der Waals surface area contributed by atoms with Crippen molar-refractivity contribution < 1.29 is 86.0 Å². The standard InChI is InChI=1S/C30H37FN4O4.C29H39N5O5.C26H43N5O4.C25H39N5O4/c1-18-28(36)34-25(15-19-8-12-23(31)13-9-19)29(37)32-14-4-7-21-5-3-6-22-16-24(39-27(21)22)17-33-26(20-10-11-20)30(38)35(18)2;1-18-17-32-26(21-10-11-21)29(38)34(3)19(2)27(36)33-24(16-20-8-12-22(35)13-9-20)28(37)31-15-4-6-23-25(39-18)7-5-14-30-23;1-7-18(4)23-26(34)31(6)19(5)24(32)30-21(15-17(2)3)25(33)29-11-8-9-20-10-12-27-16-22(20)35-14-13-28-23;1-16(2)14-20-24(32)28-10-5-6-18-9-11-26-15-21(18)34-13-12-27-22(19-7-8-19)25(33)30(4)17(3)23(31)29-20/h3,5-6,8-9,12-13,18,20,24-26,33H,4,7,10-11,14-17H2,1-2H3,(H,32,37)(H,34,36);5,7-9,12-14,18-19,21,24,26,32,35H,4,6,10-11,15-17H2,1-3H3,(H,31,37)(H,33,36);10,12,16-19,21,23,28H,7-9,11,13-15H2,1-6H3,(H,29,33)(H,30,32);9,11,15-17,19-20,22,27H,5-8,10,12-14H2,1-4H3,(H,28,32)(H,29,31)/t18-,24?,25-,26+;18-,19-,24-,26+;18?,19-,21-,23+;17-,20-,22+/m1111/s1. The highest BCUT2D eigenvalue weighted by molar-refractivity contribution is 5.96. The first kappa shape index (κ1) is 115. The number of hydrogen-bond donors (Lipinski definition) is 13. The van der Waals surface area contributed by atoms with Crippen LogP contribution in [0.3, 0.4) is 0 Å². The molecule has 3 aromatic carbocycles. The molecule has 147 heavy (non-hydrogen) atoms. The second-order valence-corrected chi connectivity index (χ2v) is 41.2. The van der Waals surface area contributed by atoms with Crippen molar-refractivity contribution >= 4 is 70.9 Å². The van der Waals surface area contributed by atoms with Gasteiger partial charge in [-0.1, -0.05) is 90.4 Å². The molecule has 802 valence electrons. The Morgan fingerprint density at radius 3 is 1.27 bits per heavy atom. The lowest BCUT2D eigenvalue weighted by Gasteiger charge is -2.32. The molecular weight excluding hydrogens is 1880 g/mol. The first-order chi connectivity index (χ1) is 70.4. The molecule has 8 aliphatic rings. The van der Waals surface area contributed by atoms with Crippen LogP contribution in [0.15, 0.2) is 122 Å². The van der Waals surface area contributed by atoms with Gasteiger partial charge in [-0.3, -0.25) is 72.5 Å². The van der Waals surface area contributed by atoms with E-state index >= 15 is 0 Å². The zero-order valence-corrected chi connectivity index (χ0v) is 88.3. The summed E-state index contributed by atoms with van der Waals surface area (Å²) in [5.74, 6) is 0.932. The van der Waals surface area contributed by atoms with Gasteiger partial charge in [0.1, 0.15) is 108 Å². The summed E-state index contributed by atoms with van der Waals surface area (Å²) in [5.41, 5.74) is 6.62. The molecule has 8 heterocycles. The number of carbonyl (C=O) groups is 12. The number of pyridine rings is 3. The van der Waals surface area contributed by atoms with Crippen LogP contribution in [0.5, 0.6) is 28.7 Å². The number of ether oxygens (including phenoxy) is 4. The number of fused-ring (bicyclic) bond motifs is 4. The average molecular weight is 2040 g/mol. The third kappa shape index (κ3) is 34.8. The van der Waals surface area contributed by atoms with E-state index in [1.807, 2.05) is 78.8 Å². The van der Waals surface area contributed by atoms with Crippen molar-refractivity contribution in [2.45, 2.75) is 289 Å². The second-order valence-electron chi connectivity index (χ2n) is 41.2. The lowest BCUT2D eigenvalue weighted by atomic mass is 9.97. The van der Waals surface area contributed by atoms with Gasteiger partial charge in [-0.25, -0.2) is 4.39 Å². The highest BCUT2D eigenvalue weighted by Crippen LogP contribution is 2.38. The lowest BCUT2D eigenvalue weighted by Crippen LogP contribution is -2.57. The average Bonchev–Trinajstić information content (AvgIpc) is 1.58. The van der Waals surface area contributed by atoms with E-state index in [-0.39, 0.29) is 137 Å². The maximum Gasteiger partial charge on any atom is 0.243 e. The Labute approximate surface area is 864 Å². The Hall–Kier alpha value is -12.5. The lowest BCUT2D eigenvalue weighted by molar-refractivity contribution is -0.141. The van der Waals surface area contributed by atoms with Crippen LogP contribution in [0.2, 0.25) is 0 Å². The smallest absolute Gasteiger partial charge is 0.243 e. The van der Waals surface area contributed by atoms with Gasteiger partial charge in [0.15, 0.2) is 0 Å². The van der Waals surface area contributed by atoms with Crippen LogP contribution in [-0.4, -0.2) is 289 Å². The second kappa shape index (κ2) is 56.6. The molecule has 13 N–H and O–H groups in total. The number of aromatic hydroxyl groups is 1. The third-order valence-electron chi connectivity index (χ3n) is 28.6. The van der Waals surface area contributed by atoms with Gasteiger partial charge in [-0.2, -0.15) is 0 Å². The van der Waals surface area contributed by atoms with Crippen molar-refractivity contribution in [3.8, 4) is 28.7 Å². The van der Waals surface area contributed by atoms with Crippen LogP contribution in [0.1, 0.15) is 199 Å². The fourth-order valence-corrected chi connectivity index (χ4v) is 18.4. The number of amides is 12. The van der Waals surface area contributed by atoms with E-state index < -0.39 is 78.3 Å². The normalized spacial score (nSPS) is 25.8. The number of benzene rings is 3. The van der Waals surface area contributed by atoms with Crippen molar-refractivity contribution in [1.82, 2.24) is 98.4 Å². The maximum atomic E-state index is 13.5. The van der Waals surface area contributed by atoms with E-state index in [1.54, 1.807) is 123 Å². The van der Waals surface area contributed by atoms with Crippen molar-refractivity contribution in [3.05, 3.63) is 167 Å². The summed E-state index contributed by atoms with van der Waals surface area (Å²) in [5, 5.41) is 46.4. The summed E-state index contributed by atoms with van der Waals surface area (Å²) in [6.45, 7) is 25.4. The van der Waals surface area contributed by atoms with Crippen LogP contribution in [0.4, 0.5) is 4.39 Å². The van der Waals surface area contributed by atoms with Crippen LogP contribution in [0.25, 0.3) is 0 Å². The minimum absolute atomic E-state index is 0.0629. The molecule has 6 aromatic rings. The molecule has 12 amide bonds. The molecule has 0 radical (unpaired) electrons. The Kier molecular flexibility index (Phi) is 44.2. The molecule has 36 nitrogen and oxygen atoms in total. The highest BCUT2D eigenvalue weighted by Gasteiger charge is 2.45. The van der Waals surface area contributed by atoms with Crippen LogP contribution >= 0.6 is 0 Å². The highest BCUT2D eigenvalue weighted by atomic mass is 19.1. The number of likely N-dealkylation sites (N-methyl/N-ethyl adjacent to an activating group) is 4. The minimum Gasteiger partial charge on any atom is -0.508 e. The molecular formula is C110H158FN19O17.